The van der Waals surface area contributed by atoms with E-state index >= 15 is 0 Å². The Bertz CT molecular complexity index is 569. The molecule has 0 atom stereocenters. The molecule has 1 heterocycles. The van der Waals surface area contributed by atoms with E-state index in [2.05, 4.69) is 15.0 Å². The van der Waals surface area contributed by atoms with Crippen molar-refractivity contribution in [2.75, 3.05) is 0 Å². The molecule has 2 rings (SSSR count). The van der Waals surface area contributed by atoms with Crippen LogP contribution in [0.1, 0.15) is 16.1 Å². The zero-order valence-electron chi connectivity index (χ0n) is 9.38. The lowest BCUT2D eigenvalue weighted by molar-refractivity contribution is -0.0501. The van der Waals surface area contributed by atoms with Gasteiger partial charge < -0.3 is 4.74 Å². The molecule has 0 radical (unpaired) electrons. The highest BCUT2D eigenvalue weighted by Gasteiger charge is 2.19. The molecule has 0 N–H and O–H groups in total. The zero-order chi connectivity index (χ0) is 13.1. The lowest BCUT2D eigenvalue weighted by Crippen LogP contribution is -2.11. The van der Waals surface area contributed by atoms with E-state index in [1.54, 1.807) is 6.07 Å². The van der Waals surface area contributed by atoms with Gasteiger partial charge >= 0.3 is 6.61 Å². The van der Waals surface area contributed by atoms with Gasteiger partial charge in [0.15, 0.2) is 0 Å². The highest BCUT2D eigenvalue weighted by molar-refractivity contribution is 6.09. The third-order valence-electron chi connectivity index (χ3n) is 2.29. The topological polar surface area (TPSA) is 57.0 Å². The molecule has 7 heteroatoms. The Balaban J connectivity index is 2.39. The van der Waals surface area contributed by atoms with Gasteiger partial charge in [-0.2, -0.15) is 8.78 Å². The van der Waals surface area contributed by atoms with Gasteiger partial charge in [-0.1, -0.05) is 17.3 Å². The fourth-order valence-electron chi connectivity index (χ4n) is 1.49. The van der Waals surface area contributed by atoms with Gasteiger partial charge in [-0.15, -0.1) is 5.10 Å². The minimum Gasteiger partial charge on any atom is -0.434 e. The average molecular weight is 253 g/mol. The molecule has 94 valence electrons. The van der Waals surface area contributed by atoms with Crippen LogP contribution >= 0.6 is 0 Å². The van der Waals surface area contributed by atoms with Crippen molar-refractivity contribution in [3.05, 3.63) is 41.7 Å². The Kier molecular flexibility index (Phi) is 3.31. The second-order valence-corrected chi connectivity index (χ2v) is 3.45. The number of nitrogens with zero attached hydrogens (tertiary/aromatic N) is 3. The molecule has 0 bridgehead atoms. The van der Waals surface area contributed by atoms with Crippen molar-refractivity contribution in [2.24, 2.45) is 7.05 Å². The molecule has 1 aromatic heterocycles. The Morgan fingerprint density at radius 2 is 2.11 bits per heavy atom. The number of benzene rings is 1. The maximum absolute atomic E-state index is 12.2. The van der Waals surface area contributed by atoms with Crippen molar-refractivity contribution in [3.63, 3.8) is 0 Å². The fraction of sp³-hybridized carbons (Fsp3) is 0.182. The van der Waals surface area contributed by atoms with Crippen LogP contribution in [-0.2, 0) is 7.05 Å². The van der Waals surface area contributed by atoms with Crippen molar-refractivity contribution >= 4 is 5.78 Å². The number of halogens is 2. The minimum absolute atomic E-state index is 0.0446. The standard InChI is InChI=1S/C11H9F2N3O2/c1-16-8(6-14-15-16)10(17)7-4-2-3-5-9(7)18-11(12)13/h2-6,11H,1H3. The molecule has 0 aliphatic carbocycles. The summed E-state index contributed by atoms with van der Waals surface area (Å²) in [5.41, 5.74) is 0.239. The van der Waals surface area contributed by atoms with Crippen LogP contribution in [0.2, 0.25) is 0 Å². The Hall–Kier alpha value is -2.31. The first kappa shape index (κ1) is 12.2. The average Bonchev–Trinajstić information content (AvgIpc) is 2.74. The van der Waals surface area contributed by atoms with Crippen molar-refractivity contribution in [1.29, 1.82) is 0 Å². The summed E-state index contributed by atoms with van der Waals surface area (Å²) >= 11 is 0. The molecule has 0 spiro atoms. The molecule has 0 saturated carbocycles. The molecule has 0 fully saturated rings. The molecule has 0 aliphatic heterocycles. The van der Waals surface area contributed by atoms with Gasteiger partial charge in [-0.05, 0) is 12.1 Å². The first-order valence-corrected chi connectivity index (χ1v) is 5.03. The predicted octanol–water partition coefficient (Wildman–Crippen LogP) is 1.65. The molecule has 2 aromatic rings. The normalized spacial score (nSPS) is 10.7. The van der Waals surface area contributed by atoms with E-state index in [-0.39, 0.29) is 17.0 Å². The fourth-order valence-corrected chi connectivity index (χ4v) is 1.49. The van der Waals surface area contributed by atoms with Crippen LogP contribution in [-0.4, -0.2) is 27.4 Å². The van der Waals surface area contributed by atoms with Gasteiger partial charge in [-0.25, -0.2) is 4.68 Å². The molecule has 0 amide bonds. The second kappa shape index (κ2) is 4.91. The number of hydrogen-bond acceptors (Lipinski definition) is 4. The molecule has 5 nitrogen and oxygen atoms in total. The Morgan fingerprint density at radius 1 is 1.39 bits per heavy atom. The predicted molar refractivity (Wildman–Crippen MR) is 57.5 cm³/mol. The number of para-hydroxylation sites is 1. The largest absolute Gasteiger partial charge is 0.434 e. The minimum atomic E-state index is -2.98. The Labute approximate surface area is 101 Å². The molecular formula is C11H9F2N3O2. The summed E-state index contributed by atoms with van der Waals surface area (Å²) < 4.78 is 30.0. The monoisotopic (exact) mass is 253 g/mol. The second-order valence-electron chi connectivity index (χ2n) is 3.45. The third kappa shape index (κ3) is 2.34. The summed E-state index contributed by atoms with van der Waals surface area (Å²) in [5.74, 6) is -0.641. The number of ether oxygens (including phenoxy) is 1. The van der Waals surface area contributed by atoms with Crippen molar-refractivity contribution < 1.29 is 18.3 Å². The van der Waals surface area contributed by atoms with E-state index < -0.39 is 12.4 Å². The van der Waals surface area contributed by atoms with E-state index in [1.807, 2.05) is 0 Å². The van der Waals surface area contributed by atoms with E-state index in [9.17, 15) is 13.6 Å². The highest BCUT2D eigenvalue weighted by Crippen LogP contribution is 2.22. The van der Waals surface area contributed by atoms with Crippen molar-refractivity contribution in [2.45, 2.75) is 6.61 Å². The van der Waals surface area contributed by atoms with E-state index in [0.717, 1.165) is 0 Å². The van der Waals surface area contributed by atoms with Gasteiger partial charge in [0.25, 0.3) is 0 Å². The summed E-state index contributed by atoms with van der Waals surface area (Å²) in [7, 11) is 1.54. The maximum atomic E-state index is 12.2. The number of aromatic nitrogens is 3. The van der Waals surface area contributed by atoms with E-state index in [0.29, 0.717) is 0 Å². The lowest BCUT2D eigenvalue weighted by atomic mass is 10.1. The SMILES string of the molecule is Cn1nncc1C(=O)c1ccccc1OC(F)F. The summed E-state index contributed by atoms with van der Waals surface area (Å²) in [6.07, 6.45) is 1.27. The molecule has 18 heavy (non-hydrogen) atoms. The molecule has 0 saturated heterocycles. The summed E-state index contributed by atoms with van der Waals surface area (Å²) in [6.45, 7) is -2.98. The van der Waals surface area contributed by atoms with E-state index in [1.165, 1.54) is 36.1 Å². The van der Waals surface area contributed by atoms with Crippen LogP contribution in [0.4, 0.5) is 8.78 Å². The van der Waals surface area contributed by atoms with Crippen LogP contribution in [0.5, 0.6) is 5.75 Å². The number of hydrogen-bond donors (Lipinski definition) is 0. The Morgan fingerprint density at radius 3 is 2.72 bits per heavy atom. The zero-order valence-corrected chi connectivity index (χ0v) is 9.38. The molecular weight excluding hydrogens is 244 g/mol. The summed E-state index contributed by atoms with van der Waals surface area (Å²) in [4.78, 5) is 12.1. The van der Waals surface area contributed by atoms with Crippen LogP contribution in [0.25, 0.3) is 0 Å². The van der Waals surface area contributed by atoms with Gasteiger partial charge in [0.2, 0.25) is 5.78 Å². The third-order valence-corrected chi connectivity index (χ3v) is 2.29. The maximum Gasteiger partial charge on any atom is 0.387 e. The number of alkyl halides is 2. The first-order chi connectivity index (χ1) is 8.59. The van der Waals surface area contributed by atoms with E-state index in [4.69, 9.17) is 0 Å². The smallest absolute Gasteiger partial charge is 0.387 e. The van der Waals surface area contributed by atoms with Gasteiger partial charge in [0, 0.05) is 7.05 Å². The van der Waals surface area contributed by atoms with Gasteiger partial charge in [0.05, 0.1) is 11.8 Å². The van der Waals surface area contributed by atoms with Gasteiger partial charge in [-0.3, -0.25) is 4.79 Å². The van der Waals surface area contributed by atoms with Crippen molar-refractivity contribution in [3.8, 4) is 5.75 Å². The van der Waals surface area contributed by atoms with Crippen LogP contribution in [0.3, 0.4) is 0 Å². The molecule has 0 unspecified atom stereocenters. The molecule has 1 aromatic carbocycles. The number of carbonyl (C=O) groups excluding carboxylic acids is 1. The molecule has 0 aliphatic rings. The summed E-state index contributed by atoms with van der Waals surface area (Å²) in [5, 5.41) is 7.17. The number of aryl methyl sites for hydroxylation is 1. The van der Waals surface area contributed by atoms with Crippen LogP contribution in [0.15, 0.2) is 30.5 Å². The summed E-state index contributed by atoms with van der Waals surface area (Å²) in [6, 6.07) is 5.79. The number of rotatable bonds is 4. The van der Waals surface area contributed by atoms with Crippen molar-refractivity contribution in [1.82, 2.24) is 15.0 Å². The quantitative estimate of drug-likeness (QED) is 0.777. The number of ketones is 1. The number of carbonyl (C=O) groups is 1. The van der Waals surface area contributed by atoms with Gasteiger partial charge in [0.1, 0.15) is 11.4 Å². The first-order valence-electron chi connectivity index (χ1n) is 5.03. The highest BCUT2D eigenvalue weighted by atomic mass is 19.3. The van der Waals surface area contributed by atoms with Crippen LogP contribution < -0.4 is 4.74 Å². The lowest BCUT2D eigenvalue weighted by Gasteiger charge is -2.09. The van der Waals surface area contributed by atoms with Crippen LogP contribution in [0, 0.1) is 0 Å².